The lowest BCUT2D eigenvalue weighted by Gasteiger charge is -2.03. The second-order valence-electron chi connectivity index (χ2n) is 3.65. The minimum atomic E-state index is -0.332. The van der Waals surface area contributed by atoms with Crippen molar-refractivity contribution in [2.45, 2.75) is 6.54 Å². The molecule has 0 aliphatic heterocycles. The van der Waals surface area contributed by atoms with E-state index < -0.39 is 0 Å². The molecule has 0 aliphatic carbocycles. The number of nitrogens with zero attached hydrogens (tertiary/aromatic N) is 1. The van der Waals surface area contributed by atoms with Crippen LogP contribution in [0.3, 0.4) is 0 Å². The van der Waals surface area contributed by atoms with Crippen LogP contribution >= 0.6 is 23.6 Å². The Morgan fingerprint density at radius 1 is 1.53 bits per heavy atom. The van der Waals surface area contributed by atoms with Crippen LogP contribution in [-0.2, 0) is 6.54 Å². The van der Waals surface area contributed by atoms with Crippen molar-refractivity contribution in [3.8, 4) is 0 Å². The van der Waals surface area contributed by atoms with Gasteiger partial charge in [0.1, 0.15) is 10.7 Å². The third-order valence-corrected chi connectivity index (χ3v) is 3.25. The van der Waals surface area contributed by atoms with Crippen molar-refractivity contribution in [2.75, 3.05) is 0 Å². The first kappa shape index (κ1) is 13.4. The van der Waals surface area contributed by atoms with E-state index >= 15 is 0 Å². The summed E-state index contributed by atoms with van der Waals surface area (Å²) in [4.78, 5) is 29.4. The molecule has 0 spiro atoms. The SMILES string of the molecule is NC(=S)c1ccc(C(=O)NCc2csc(=O)[nH]2)nc1. The van der Waals surface area contributed by atoms with Crippen molar-refractivity contribution in [1.82, 2.24) is 15.3 Å². The monoisotopic (exact) mass is 294 g/mol. The number of aromatic amines is 1. The molecule has 98 valence electrons. The molecular formula is C11H10N4O2S2. The zero-order valence-corrected chi connectivity index (χ0v) is 11.3. The number of amides is 1. The van der Waals surface area contributed by atoms with Gasteiger partial charge >= 0.3 is 4.87 Å². The summed E-state index contributed by atoms with van der Waals surface area (Å²) in [5.41, 5.74) is 6.96. The molecule has 2 aromatic heterocycles. The van der Waals surface area contributed by atoms with Crippen LogP contribution in [0.4, 0.5) is 0 Å². The summed E-state index contributed by atoms with van der Waals surface area (Å²) >= 11 is 5.84. The number of nitrogens with two attached hydrogens (primary N) is 1. The first-order valence-corrected chi connectivity index (χ1v) is 6.56. The van der Waals surface area contributed by atoms with Gasteiger partial charge in [0.25, 0.3) is 5.91 Å². The van der Waals surface area contributed by atoms with Gasteiger partial charge in [-0.15, -0.1) is 0 Å². The maximum Gasteiger partial charge on any atom is 0.304 e. The number of nitrogens with one attached hydrogen (secondary N) is 2. The molecule has 0 atom stereocenters. The van der Waals surface area contributed by atoms with Crippen LogP contribution < -0.4 is 15.9 Å². The third kappa shape index (κ3) is 3.46. The van der Waals surface area contributed by atoms with E-state index in [4.69, 9.17) is 18.0 Å². The van der Waals surface area contributed by atoms with Crippen LogP contribution in [-0.4, -0.2) is 20.9 Å². The first-order chi connectivity index (χ1) is 9.06. The van der Waals surface area contributed by atoms with Gasteiger partial charge in [0.15, 0.2) is 0 Å². The maximum atomic E-state index is 11.8. The number of carbonyl (C=O) groups is 1. The molecule has 0 aromatic carbocycles. The average Bonchev–Trinajstić information content (AvgIpc) is 2.82. The summed E-state index contributed by atoms with van der Waals surface area (Å²) in [7, 11) is 0. The highest BCUT2D eigenvalue weighted by Crippen LogP contribution is 2.01. The zero-order chi connectivity index (χ0) is 13.8. The molecule has 1 amide bonds. The van der Waals surface area contributed by atoms with E-state index in [0.717, 1.165) is 11.3 Å². The lowest BCUT2D eigenvalue weighted by Crippen LogP contribution is -2.24. The molecule has 0 radical (unpaired) electrons. The molecule has 6 nitrogen and oxygen atoms in total. The normalized spacial score (nSPS) is 10.1. The number of thiocarbonyl (C=S) groups is 1. The van der Waals surface area contributed by atoms with E-state index in [1.54, 1.807) is 17.5 Å². The Morgan fingerprint density at radius 3 is 2.84 bits per heavy atom. The Balaban J connectivity index is 1.99. The Kier molecular flexibility index (Phi) is 4.03. The van der Waals surface area contributed by atoms with Crippen LogP contribution in [0.25, 0.3) is 0 Å². The summed E-state index contributed by atoms with van der Waals surface area (Å²) in [6, 6.07) is 3.18. The number of pyridine rings is 1. The summed E-state index contributed by atoms with van der Waals surface area (Å²) < 4.78 is 0. The fourth-order valence-electron chi connectivity index (χ4n) is 1.34. The Morgan fingerprint density at radius 2 is 2.32 bits per heavy atom. The van der Waals surface area contributed by atoms with Crippen molar-refractivity contribution in [1.29, 1.82) is 0 Å². The third-order valence-electron chi connectivity index (χ3n) is 2.29. The molecule has 0 bridgehead atoms. The average molecular weight is 294 g/mol. The first-order valence-electron chi connectivity index (χ1n) is 5.27. The number of hydrogen-bond donors (Lipinski definition) is 3. The van der Waals surface area contributed by atoms with Gasteiger partial charge in [-0.1, -0.05) is 23.6 Å². The van der Waals surface area contributed by atoms with E-state index in [-0.39, 0.29) is 28.0 Å². The van der Waals surface area contributed by atoms with Crippen molar-refractivity contribution < 1.29 is 4.79 Å². The molecule has 0 unspecified atom stereocenters. The molecule has 2 aromatic rings. The quantitative estimate of drug-likeness (QED) is 0.708. The van der Waals surface area contributed by atoms with Gasteiger partial charge in [0.05, 0.1) is 6.54 Å². The number of H-pyrrole nitrogens is 1. The topological polar surface area (TPSA) is 101 Å². The minimum Gasteiger partial charge on any atom is -0.389 e. The highest BCUT2D eigenvalue weighted by Gasteiger charge is 2.08. The molecule has 0 fully saturated rings. The lowest BCUT2D eigenvalue weighted by molar-refractivity contribution is 0.0945. The molecular weight excluding hydrogens is 284 g/mol. The van der Waals surface area contributed by atoms with Crippen molar-refractivity contribution in [3.63, 3.8) is 0 Å². The van der Waals surface area contributed by atoms with E-state index in [1.165, 1.54) is 6.20 Å². The highest BCUT2D eigenvalue weighted by atomic mass is 32.1. The summed E-state index contributed by atoms with van der Waals surface area (Å²) in [6.45, 7) is 0.246. The fourth-order valence-corrected chi connectivity index (χ4v) is 2.04. The fraction of sp³-hybridized carbons (Fsp3) is 0.0909. The van der Waals surface area contributed by atoms with Gasteiger partial charge < -0.3 is 16.0 Å². The molecule has 0 saturated carbocycles. The molecule has 2 rings (SSSR count). The summed E-state index contributed by atoms with van der Waals surface area (Å²) in [5.74, 6) is -0.332. The molecule has 8 heteroatoms. The number of thiazole rings is 1. The minimum absolute atomic E-state index is 0.150. The van der Waals surface area contributed by atoms with Gasteiger partial charge in [-0.2, -0.15) is 0 Å². The summed E-state index contributed by atoms with van der Waals surface area (Å²) in [5, 5.41) is 4.31. The van der Waals surface area contributed by atoms with Gasteiger partial charge in [0, 0.05) is 22.8 Å². The van der Waals surface area contributed by atoms with Crippen LogP contribution in [0.15, 0.2) is 28.5 Å². The smallest absolute Gasteiger partial charge is 0.304 e. The second kappa shape index (κ2) is 5.72. The number of hydrogen-bond acceptors (Lipinski definition) is 5. The van der Waals surface area contributed by atoms with Gasteiger partial charge in [-0.25, -0.2) is 0 Å². The zero-order valence-electron chi connectivity index (χ0n) is 9.67. The van der Waals surface area contributed by atoms with Gasteiger partial charge in [-0.3, -0.25) is 14.6 Å². The largest absolute Gasteiger partial charge is 0.389 e. The Bertz CT molecular complexity index is 660. The van der Waals surface area contributed by atoms with E-state index in [0.29, 0.717) is 11.3 Å². The Labute approximate surface area is 117 Å². The van der Waals surface area contributed by atoms with Crippen LogP contribution in [0, 0.1) is 0 Å². The molecule has 4 N–H and O–H groups in total. The lowest BCUT2D eigenvalue weighted by atomic mass is 10.2. The molecule has 19 heavy (non-hydrogen) atoms. The van der Waals surface area contributed by atoms with Crippen molar-refractivity contribution in [2.24, 2.45) is 5.73 Å². The number of aromatic nitrogens is 2. The second-order valence-corrected chi connectivity index (χ2v) is 4.93. The molecule has 0 saturated heterocycles. The molecule has 2 heterocycles. The van der Waals surface area contributed by atoms with Crippen LogP contribution in [0.5, 0.6) is 0 Å². The predicted octanol–water partition coefficient (Wildman–Crippen LogP) is 0.396. The standard InChI is InChI=1S/C11H10N4O2S2/c12-9(18)6-1-2-8(13-3-6)10(16)14-4-7-5-19-11(17)15-7/h1-3,5H,4H2,(H2,12,18)(H,14,16)(H,15,17). The highest BCUT2D eigenvalue weighted by molar-refractivity contribution is 7.80. The van der Waals surface area contributed by atoms with Crippen molar-refractivity contribution >= 4 is 34.5 Å². The predicted molar refractivity (Wildman–Crippen MR) is 76.2 cm³/mol. The van der Waals surface area contributed by atoms with Gasteiger partial charge in [0.2, 0.25) is 0 Å². The van der Waals surface area contributed by atoms with Crippen LogP contribution in [0.2, 0.25) is 0 Å². The van der Waals surface area contributed by atoms with Gasteiger partial charge in [-0.05, 0) is 12.1 Å². The van der Waals surface area contributed by atoms with E-state index in [2.05, 4.69) is 15.3 Å². The maximum absolute atomic E-state index is 11.8. The van der Waals surface area contributed by atoms with Crippen molar-refractivity contribution in [3.05, 3.63) is 50.3 Å². The molecule has 0 aliphatic rings. The number of rotatable bonds is 4. The summed E-state index contributed by atoms with van der Waals surface area (Å²) in [6.07, 6.45) is 1.45. The van der Waals surface area contributed by atoms with Crippen LogP contribution in [0.1, 0.15) is 21.7 Å². The number of carbonyl (C=O) groups excluding carboxylic acids is 1. The van der Waals surface area contributed by atoms with E-state index in [9.17, 15) is 9.59 Å². The Hall–Kier alpha value is -2.06. The van der Waals surface area contributed by atoms with E-state index in [1.807, 2.05) is 0 Å².